The van der Waals surface area contributed by atoms with Crippen LogP contribution in [0.4, 0.5) is 34.6 Å². The third-order valence-corrected chi connectivity index (χ3v) is 4.30. The maximum atomic E-state index is 13.7. The first kappa shape index (κ1) is 21.0. The fraction of sp³-hybridized carbons (Fsp3) is 0.0952. The number of hydrogen-bond donors (Lipinski definition) is 3. The molecule has 3 aromatic rings. The summed E-state index contributed by atoms with van der Waals surface area (Å²) in [6.45, 7) is 0. The Labute approximate surface area is 169 Å². The van der Waals surface area contributed by atoms with E-state index in [1.807, 2.05) is 0 Å². The molecule has 0 saturated heterocycles. The minimum Gasteiger partial charge on any atom is -0.398 e. The number of benzene rings is 2. The van der Waals surface area contributed by atoms with E-state index in [0.29, 0.717) is 16.8 Å². The molecule has 0 radical (unpaired) electrons. The number of hydrogen-bond acceptors (Lipinski definition) is 5. The number of nitrogen functional groups attached to an aromatic ring is 1. The van der Waals surface area contributed by atoms with E-state index in [9.17, 15) is 17.6 Å². The van der Waals surface area contributed by atoms with E-state index in [2.05, 4.69) is 15.3 Å². The van der Waals surface area contributed by atoms with Crippen molar-refractivity contribution in [3.05, 3.63) is 82.9 Å². The molecule has 0 aliphatic carbocycles. The smallest absolute Gasteiger partial charge is 0.398 e. The summed E-state index contributed by atoms with van der Waals surface area (Å²) >= 11 is 0. The molecule has 0 atom stereocenters. The van der Waals surface area contributed by atoms with Crippen LogP contribution in [0.3, 0.4) is 0 Å². The van der Waals surface area contributed by atoms with Crippen LogP contribution in [-0.4, -0.2) is 24.0 Å². The lowest BCUT2D eigenvalue weighted by atomic mass is 9.94. The molecule has 0 bridgehead atoms. The first-order chi connectivity index (χ1) is 14.2. The minimum atomic E-state index is -4.69. The third kappa shape index (κ3) is 4.29. The standard InChI is InChI=1S/C21H17F4N5/c1-28-11-15-13(4-3-7-17(15)26)19(27)14-5-2-6-16(21(23,24)25)20(14)30-12-8-9-18(22)29-10-12/h2-11,27,30H,26H2,1H3. The Balaban J connectivity index is 2.19. The second-order valence-corrected chi connectivity index (χ2v) is 6.29. The van der Waals surface area contributed by atoms with E-state index in [0.717, 1.165) is 18.3 Å². The predicted octanol–water partition coefficient (Wildman–Crippen LogP) is 5.03. The largest absolute Gasteiger partial charge is 0.418 e. The highest BCUT2D eigenvalue weighted by Crippen LogP contribution is 2.39. The summed E-state index contributed by atoms with van der Waals surface area (Å²) in [6, 6.07) is 10.6. The number of rotatable bonds is 5. The lowest BCUT2D eigenvalue weighted by Gasteiger charge is -2.20. The molecule has 154 valence electrons. The summed E-state index contributed by atoms with van der Waals surface area (Å²) in [5, 5.41) is 11.3. The van der Waals surface area contributed by atoms with E-state index in [1.54, 1.807) is 18.2 Å². The van der Waals surface area contributed by atoms with Crippen molar-refractivity contribution in [3.8, 4) is 0 Å². The van der Waals surface area contributed by atoms with Crippen molar-refractivity contribution in [2.45, 2.75) is 6.18 Å². The van der Waals surface area contributed by atoms with Gasteiger partial charge in [0.15, 0.2) is 0 Å². The number of nitrogens with two attached hydrogens (primary N) is 1. The van der Waals surface area contributed by atoms with Gasteiger partial charge < -0.3 is 11.1 Å². The monoisotopic (exact) mass is 415 g/mol. The molecule has 30 heavy (non-hydrogen) atoms. The van der Waals surface area contributed by atoms with Gasteiger partial charge in [-0.2, -0.15) is 17.6 Å². The predicted molar refractivity (Wildman–Crippen MR) is 109 cm³/mol. The molecule has 0 spiro atoms. The molecule has 1 heterocycles. The number of alkyl halides is 3. The van der Waals surface area contributed by atoms with Gasteiger partial charge in [0.05, 0.1) is 28.8 Å². The molecule has 0 amide bonds. The van der Waals surface area contributed by atoms with Crippen LogP contribution in [0.25, 0.3) is 0 Å². The van der Waals surface area contributed by atoms with E-state index in [1.165, 1.54) is 31.5 Å². The Morgan fingerprint density at radius 3 is 2.43 bits per heavy atom. The quantitative estimate of drug-likeness (QED) is 0.236. The van der Waals surface area contributed by atoms with Crippen molar-refractivity contribution in [2.75, 3.05) is 18.1 Å². The maximum absolute atomic E-state index is 13.7. The van der Waals surface area contributed by atoms with Gasteiger partial charge in [-0.3, -0.25) is 10.4 Å². The molecule has 1 aromatic heterocycles. The number of anilines is 3. The number of aromatic nitrogens is 1. The zero-order valence-corrected chi connectivity index (χ0v) is 15.8. The molecule has 3 rings (SSSR count). The van der Waals surface area contributed by atoms with Gasteiger partial charge in [-0.1, -0.05) is 24.3 Å². The maximum Gasteiger partial charge on any atom is 0.418 e. The average molecular weight is 415 g/mol. The van der Waals surface area contributed by atoms with Crippen LogP contribution >= 0.6 is 0 Å². The summed E-state index contributed by atoms with van der Waals surface area (Å²) < 4.78 is 54.2. The zero-order chi connectivity index (χ0) is 21.9. The van der Waals surface area contributed by atoms with E-state index < -0.39 is 17.7 Å². The second-order valence-electron chi connectivity index (χ2n) is 6.29. The van der Waals surface area contributed by atoms with Crippen LogP contribution in [0.2, 0.25) is 0 Å². The highest BCUT2D eigenvalue weighted by atomic mass is 19.4. The number of halogens is 4. The third-order valence-electron chi connectivity index (χ3n) is 4.30. The van der Waals surface area contributed by atoms with Crippen LogP contribution in [0, 0.1) is 11.4 Å². The van der Waals surface area contributed by atoms with Crippen LogP contribution in [0.1, 0.15) is 22.3 Å². The Hall–Kier alpha value is -3.75. The molecule has 0 fully saturated rings. The van der Waals surface area contributed by atoms with E-state index in [4.69, 9.17) is 11.1 Å². The number of pyridine rings is 1. The van der Waals surface area contributed by atoms with Crippen LogP contribution in [0.5, 0.6) is 0 Å². The summed E-state index contributed by atoms with van der Waals surface area (Å²) in [5.41, 5.74) is 5.70. The SMILES string of the molecule is CN=Cc1c(N)cccc1C(=N)c1cccc(C(F)(F)F)c1Nc1ccc(F)nc1. The molecule has 9 heteroatoms. The van der Waals surface area contributed by atoms with Gasteiger partial charge in [-0.05, 0) is 24.3 Å². The molecule has 5 nitrogen and oxygen atoms in total. The molecule has 4 N–H and O–H groups in total. The second kappa shape index (κ2) is 8.32. The van der Waals surface area contributed by atoms with Crippen LogP contribution in [0.15, 0.2) is 59.7 Å². The molecule has 2 aromatic carbocycles. The van der Waals surface area contributed by atoms with Gasteiger partial charge in [0.1, 0.15) is 0 Å². The topological polar surface area (TPSA) is 87.1 Å². The minimum absolute atomic E-state index is 0.00879. The van der Waals surface area contributed by atoms with Gasteiger partial charge in [0.25, 0.3) is 0 Å². The van der Waals surface area contributed by atoms with Crippen LogP contribution < -0.4 is 11.1 Å². The molecule has 0 aliphatic rings. The van der Waals surface area contributed by atoms with Gasteiger partial charge in [-0.25, -0.2) is 4.98 Å². The Morgan fingerprint density at radius 2 is 1.80 bits per heavy atom. The first-order valence-corrected chi connectivity index (χ1v) is 8.71. The Kier molecular flexibility index (Phi) is 5.81. The van der Waals surface area contributed by atoms with E-state index in [-0.39, 0.29) is 22.6 Å². The van der Waals surface area contributed by atoms with Crippen molar-refractivity contribution in [1.29, 1.82) is 5.41 Å². The van der Waals surface area contributed by atoms with Crippen LogP contribution in [-0.2, 0) is 6.18 Å². The van der Waals surface area contributed by atoms with Gasteiger partial charge in [-0.15, -0.1) is 0 Å². The van der Waals surface area contributed by atoms with Gasteiger partial charge >= 0.3 is 6.18 Å². The average Bonchev–Trinajstić information content (AvgIpc) is 2.70. The van der Waals surface area contributed by atoms with Gasteiger partial charge in [0.2, 0.25) is 5.95 Å². The molecule has 0 aliphatic heterocycles. The zero-order valence-electron chi connectivity index (χ0n) is 15.8. The molecule has 0 unspecified atom stereocenters. The van der Waals surface area contributed by atoms with Crippen molar-refractivity contribution in [2.24, 2.45) is 4.99 Å². The highest BCUT2D eigenvalue weighted by molar-refractivity contribution is 6.18. The van der Waals surface area contributed by atoms with Crippen molar-refractivity contribution >= 4 is 29.0 Å². The van der Waals surface area contributed by atoms with Gasteiger partial charge in [0, 0.05) is 35.6 Å². The lowest BCUT2D eigenvalue weighted by Crippen LogP contribution is -2.15. The van der Waals surface area contributed by atoms with Crippen molar-refractivity contribution in [1.82, 2.24) is 4.98 Å². The van der Waals surface area contributed by atoms with Crippen molar-refractivity contribution < 1.29 is 17.6 Å². The Morgan fingerprint density at radius 1 is 1.10 bits per heavy atom. The lowest BCUT2D eigenvalue weighted by molar-refractivity contribution is -0.136. The number of nitrogens with zero attached hydrogens (tertiary/aromatic N) is 2. The normalized spacial score (nSPS) is 11.6. The molecular weight excluding hydrogens is 398 g/mol. The number of nitrogens with one attached hydrogen (secondary N) is 2. The fourth-order valence-corrected chi connectivity index (χ4v) is 2.94. The fourth-order valence-electron chi connectivity index (χ4n) is 2.94. The summed E-state index contributed by atoms with van der Waals surface area (Å²) in [6.07, 6.45) is -2.16. The summed E-state index contributed by atoms with van der Waals surface area (Å²) in [7, 11) is 1.53. The number of para-hydroxylation sites is 1. The molecule has 0 saturated carbocycles. The molecular formula is C21H17F4N5. The first-order valence-electron chi connectivity index (χ1n) is 8.71. The highest BCUT2D eigenvalue weighted by Gasteiger charge is 2.35. The number of aliphatic imine (C=N–C) groups is 1. The Bertz CT molecular complexity index is 1110. The van der Waals surface area contributed by atoms with Crippen molar-refractivity contribution in [3.63, 3.8) is 0 Å². The van der Waals surface area contributed by atoms with E-state index >= 15 is 0 Å². The summed E-state index contributed by atoms with van der Waals surface area (Å²) in [4.78, 5) is 7.37. The summed E-state index contributed by atoms with van der Waals surface area (Å²) in [5.74, 6) is -0.763.